The summed E-state index contributed by atoms with van der Waals surface area (Å²) in [7, 11) is 0. The van der Waals surface area contributed by atoms with Crippen LogP contribution in [-0.2, 0) is 9.53 Å². The van der Waals surface area contributed by atoms with Crippen LogP contribution in [0.15, 0.2) is 0 Å². The van der Waals surface area contributed by atoms with Crippen LogP contribution in [0.2, 0.25) is 0 Å². The molecule has 2 heterocycles. The lowest BCUT2D eigenvalue weighted by Crippen LogP contribution is -2.56. The molecule has 0 aromatic carbocycles. The van der Waals surface area contributed by atoms with E-state index in [-0.39, 0.29) is 29.0 Å². The lowest BCUT2D eigenvalue weighted by atomic mass is 9.45. The molecule has 9 unspecified atom stereocenters. The summed E-state index contributed by atoms with van der Waals surface area (Å²) in [5, 5.41) is 14.6. The number of rotatable bonds is 0. The maximum atomic E-state index is 11.8. The van der Waals surface area contributed by atoms with Crippen molar-refractivity contribution in [1.29, 1.82) is 0 Å². The smallest absolute Gasteiger partial charge is 0.306 e. The van der Waals surface area contributed by atoms with Gasteiger partial charge in [-0.15, -0.1) is 0 Å². The van der Waals surface area contributed by atoms with Gasteiger partial charge in [0.25, 0.3) is 0 Å². The summed E-state index contributed by atoms with van der Waals surface area (Å²) in [6.07, 6.45) is 7.46. The molecule has 2 saturated heterocycles. The number of ether oxygens (including phenoxy) is 1. The van der Waals surface area contributed by atoms with Crippen LogP contribution in [-0.4, -0.2) is 36.4 Å². The van der Waals surface area contributed by atoms with Crippen LogP contribution < -0.4 is 5.32 Å². The van der Waals surface area contributed by atoms with Gasteiger partial charge in [0.1, 0.15) is 6.10 Å². The zero-order valence-electron chi connectivity index (χ0n) is 15.7. The van der Waals surface area contributed by atoms with Gasteiger partial charge in [-0.3, -0.25) is 4.79 Å². The molecule has 0 aromatic rings. The average molecular weight is 347 g/mol. The Morgan fingerprint density at radius 2 is 1.80 bits per heavy atom. The number of carbonyl (C=O) groups excluding carboxylic acids is 1. The molecule has 3 saturated carbocycles. The van der Waals surface area contributed by atoms with Crippen molar-refractivity contribution in [2.24, 2.45) is 40.4 Å². The number of fused-ring (bicyclic) bond motifs is 7. The highest BCUT2D eigenvalue weighted by molar-refractivity contribution is 5.72. The second kappa shape index (κ2) is 5.45. The Balaban J connectivity index is 1.48. The molecule has 0 aromatic heterocycles. The molecule has 2 aliphatic heterocycles. The van der Waals surface area contributed by atoms with Crippen LogP contribution in [0.5, 0.6) is 0 Å². The highest BCUT2D eigenvalue weighted by Crippen LogP contribution is 2.68. The van der Waals surface area contributed by atoms with Crippen LogP contribution in [0.4, 0.5) is 0 Å². The van der Waals surface area contributed by atoms with Crippen molar-refractivity contribution >= 4 is 5.97 Å². The minimum atomic E-state index is -0.156. The molecule has 0 bridgehead atoms. The molecule has 9 atom stereocenters. The minimum absolute atomic E-state index is 0.0161. The van der Waals surface area contributed by atoms with E-state index < -0.39 is 0 Å². The molecule has 0 amide bonds. The maximum absolute atomic E-state index is 11.8. The van der Waals surface area contributed by atoms with Crippen molar-refractivity contribution < 1.29 is 14.6 Å². The number of hydrogen-bond donors (Lipinski definition) is 2. The highest BCUT2D eigenvalue weighted by atomic mass is 16.6. The third kappa shape index (κ3) is 2.16. The molecule has 4 nitrogen and oxygen atoms in total. The molecular weight excluding hydrogens is 314 g/mol. The lowest BCUT2D eigenvalue weighted by Gasteiger charge is -2.60. The van der Waals surface area contributed by atoms with Crippen LogP contribution in [0.1, 0.15) is 58.8 Å². The van der Waals surface area contributed by atoms with E-state index in [0.29, 0.717) is 30.1 Å². The Morgan fingerprint density at radius 3 is 2.64 bits per heavy atom. The summed E-state index contributed by atoms with van der Waals surface area (Å²) in [5.41, 5.74) is 0.505. The Labute approximate surface area is 151 Å². The normalized spacial score (nSPS) is 57.7. The van der Waals surface area contributed by atoms with Gasteiger partial charge < -0.3 is 15.2 Å². The predicted molar refractivity (Wildman–Crippen MR) is 94.7 cm³/mol. The number of aliphatic hydroxyl groups excluding tert-OH is 1. The molecule has 140 valence electrons. The Kier molecular flexibility index (Phi) is 3.61. The summed E-state index contributed by atoms with van der Waals surface area (Å²) >= 11 is 0. The van der Waals surface area contributed by atoms with Crippen molar-refractivity contribution in [2.75, 3.05) is 13.1 Å². The molecule has 0 spiro atoms. The second-order valence-electron chi connectivity index (χ2n) is 10.2. The fourth-order valence-corrected chi connectivity index (χ4v) is 8.21. The first-order valence-electron chi connectivity index (χ1n) is 10.5. The Morgan fingerprint density at radius 1 is 1.00 bits per heavy atom. The highest BCUT2D eigenvalue weighted by Gasteiger charge is 2.65. The number of esters is 1. The fraction of sp³-hybridized carbons (Fsp3) is 0.952. The zero-order chi connectivity index (χ0) is 17.4. The van der Waals surface area contributed by atoms with Gasteiger partial charge >= 0.3 is 5.97 Å². The third-order valence-electron chi connectivity index (χ3n) is 9.47. The van der Waals surface area contributed by atoms with Crippen LogP contribution in [0.3, 0.4) is 0 Å². The average Bonchev–Trinajstić information content (AvgIpc) is 2.96. The van der Waals surface area contributed by atoms with Gasteiger partial charge in [0.2, 0.25) is 0 Å². The van der Waals surface area contributed by atoms with Gasteiger partial charge in [-0.25, -0.2) is 0 Å². The minimum Gasteiger partial charge on any atom is -0.462 e. The first kappa shape index (κ1) is 16.6. The van der Waals surface area contributed by atoms with E-state index in [1.54, 1.807) is 0 Å². The van der Waals surface area contributed by atoms with Gasteiger partial charge in [0.05, 0.1) is 12.5 Å². The Hall–Kier alpha value is -0.610. The third-order valence-corrected chi connectivity index (χ3v) is 9.47. The van der Waals surface area contributed by atoms with Crippen LogP contribution in [0, 0.1) is 40.4 Å². The topological polar surface area (TPSA) is 58.6 Å². The fourth-order valence-electron chi connectivity index (χ4n) is 8.21. The zero-order valence-corrected chi connectivity index (χ0v) is 15.7. The van der Waals surface area contributed by atoms with Crippen molar-refractivity contribution in [2.45, 2.75) is 71.0 Å². The number of aliphatic hydroxyl groups is 1. The van der Waals surface area contributed by atoms with Gasteiger partial charge in [-0.2, -0.15) is 0 Å². The number of carbonyl (C=O) groups is 1. The predicted octanol–water partition coefficient (Wildman–Crippen LogP) is 2.74. The Bertz CT molecular complexity index is 579. The van der Waals surface area contributed by atoms with Gasteiger partial charge in [-0.05, 0) is 86.1 Å². The summed E-state index contributed by atoms with van der Waals surface area (Å²) in [4.78, 5) is 11.8. The standard InChI is InChI=1S/C21H33NO3/c1-20-5-3-13-12(15(20)10-18-16(20)11-19(24)25-18)9-17(23)14-4-7-22-8-6-21(13,14)2/h12-18,22-23H,3-11H2,1-2H3. The van der Waals surface area contributed by atoms with Crippen molar-refractivity contribution in [3.05, 3.63) is 0 Å². The molecule has 5 fully saturated rings. The quantitative estimate of drug-likeness (QED) is 0.662. The first-order valence-corrected chi connectivity index (χ1v) is 10.5. The van der Waals surface area contributed by atoms with Crippen molar-refractivity contribution in [1.82, 2.24) is 5.32 Å². The van der Waals surface area contributed by atoms with E-state index in [1.165, 1.54) is 19.3 Å². The van der Waals surface area contributed by atoms with Crippen LogP contribution >= 0.6 is 0 Å². The molecular formula is C21H33NO3. The van der Waals surface area contributed by atoms with Crippen molar-refractivity contribution in [3.63, 3.8) is 0 Å². The summed E-state index contributed by atoms with van der Waals surface area (Å²) in [6, 6.07) is 0. The first-order chi connectivity index (χ1) is 11.9. The number of hydrogen-bond acceptors (Lipinski definition) is 4. The molecule has 5 aliphatic rings. The van der Waals surface area contributed by atoms with E-state index in [4.69, 9.17) is 4.74 Å². The molecule has 0 radical (unpaired) electrons. The van der Waals surface area contributed by atoms with Gasteiger partial charge in [-0.1, -0.05) is 13.8 Å². The molecule has 4 heteroatoms. The molecule has 2 N–H and O–H groups in total. The summed E-state index contributed by atoms with van der Waals surface area (Å²) in [6.45, 7) is 7.04. The number of nitrogens with one attached hydrogen (secondary N) is 1. The van der Waals surface area contributed by atoms with E-state index in [9.17, 15) is 9.90 Å². The van der Waals surface area contributed by atoms with Crippen molar-refractivity contribution in [3.8, 4) is 0 Å². The SMILES string of the molecule is CC12CCNCCC1C(O)CC1C2CCC2(C)C3CC(=O)OC3CC12. The summed E-state index contributed by atoms with van der Waals surface area (Å²) in [5.74, 6) is 2.85. The van der Waals surface area contributed by atoms with Gasteiger partial charge in [0, 0.05) is 5.92 Å². The lowest BCUT2D eigenvalue weighted by molar-refractivity contribution is -0.149. The molecule has 5 rings (SSSR count). The maximum Gasteiger partial charge on any atom is 0.306 e. The van der Waals surface area contributed by atoms with Gasteiger partial charge in [0.15, 0.2) is 0 Å². The molecule has 3 aliphatic carbocycles. The molecule has 25 heavy (non-hydrogen) atoms. The largest absolute Gasteiger partial charge is 0.462 e. The monoisotopic (exact) mass is 347 g/mol. The van der Waals surface area contributed by atoms with E-state index in [0.717, 1.165) is 38.3 Å². The van der Waals surface area contributed by atoms with Crippen LogP contribution in [0.25, 0.3) is 0 Å². The van der Waals surface area contributed by atoms with E-state index >= 15 is 0 Å². The second-order valence-corrected chi connectivity index (χ2v) is 10.2. The summed E-state index contributed by atoms with van der Waals surface area (Å²) < 4.78 is 5.69. The van der Waals surface area contributed by atoms with E-state index in [2.05, 4.69) is 19.2 Å². The van der Waals surface area contributed by atoms with E-state index in [1.807, 2.05) is 0 Å².